The number of piperidine rings is 1. The van der Waals surface area contributed by atoms with Crippen molar-refractivity contribution in [3.8, 4) is 16.9 Å². The molecule has 33 heavy (non-hydrogen) atoms. The van der Waals surface area contributed by atoms with E-state index < -0.39 is 91.9 Å². The lowest BCUT2D eigenvalue weighted by atomic mass is 9.97. The van der Waals surface area contributed by atoms with Gasteiger partial charge in [-0.2, -0.15) is 18.3 Å². The molecule has 176 valence electrons. The number of ether oxygens (including phenoxy) is 1. The van der Waals surface area contributed by atoms with E-state index >= 15 is 0 Å². The van der Waals surface area contributed by atoms with Gasteiger partial charge in [0, 0.05) is 42.8 Å². The summed E-state index contributed by atoms with van der Waals surface area (Å²) in [7, 11) is 0. The smallest absolute Gasteiger partial charge is 0.429 e. The SMILES string of the molecule is [2H]C1([2H])CC([2H])(n2cc(-c3cnc(N)c(OC([2H])(c4c(C([2H])([2H])[2H])ccc(F)c4C([2H])([2H])[2H])C(F)(F)F)c3)cn2)CC([2H])([2H])N1. The molecule has 0 saturated carbocycles. The first kappa shape index (κ1) is 12.4. The number of nitrogen functional groups attached to an aromatic ring is 1. The first-order valence-corrected chi connectivity index (χ1v) is 9.39. The van der Waals surface area contributed by atoms with Gasteiger partial charge in [0.25, 0.3) is 0 Å². The van der Waals surface area contributed by atoms with E-state index in [2.05, 4.69) is 15.4 Å². The van der Waals surface area contributed by atoms with Crippen molar-refractivity contribution in [2.75, 3.05) is 18.7 Å². The fourth-order valence-corrected chi connectivity index (χ4v) is 3.09. The molecule has 0 aliphatic carbocycles. The zero-order valence-corrected chi connectivity index (χ0v) is 16.7. The van der Waals surface area contributed by atoms with Crippen LogP contribution in [0.2, 0.25) is 0 Å². The second-order valence-corrected chi connectivity index (χ2v) is 6.95. The second-order valence-electron chi connectivity index (χ2n) is 6.95. The highest BCUT2D eigenvalue weighted by Gasteiger charge is 2.45. The Balaban J connectivity index is 1.85. The molecule has 0 spiro atoms. The number of anilines is 1. The summed E-state index contributed by atoms with van der Waals surface area (Å²) < 4.78 is 160. The number of nitrogens with one attached hydrogen (secondary N) is 1. The van der Waals surface area contributed by atoms with Crippen molar-refractivity contribution in [1.29, 1.82) is 0 Å². The van der Waals surface area contributed by atoms with Crippen LogP contribution in [-0.2, 0) is 0 Å². The quantitative estimate of drug-likeness (QED) is 0.514. The Morgan fingerprint density at radius 3 is 2.79 bits per heavy atom. The van der Waals surface area contributed by atoms with Crippen LogP contribution in [-0.4, -0.2) is 33.9 Å². The second kappa shape index (κ2) is 9.01. The maximum atomic E-state index is 14.9. The van der Waals surface area contributed by atoms with Crippen molar-refractivity contribution in [2.24, 2.45) is 0 Å². The number of nitrogens with two attached hydrogens (primary N) is 1. The maximum Gasteiger partial charge on any atom is 0.429 e. The number of hydrogen-bond donors (Lipinski definition) is 2. The van der Waals surface area contributed by atoms with Gasteiger partial charge in [0.2, 0.25) is 6.08 Å². The predicted molar refractivity (Wildman–Crippen MR) is 116 cm³/mol. The van der Waals surface area contributed by atoms with E-state index in [0.717, 1.165) is 23.1 Å². The lowest BCUT2D eigenvalue weighted by Gasteiger charge is -2.26. The van der Waals surface area contributed by atoms with Crippen molar-refractivity contribution in [1.82, 2.24) is 20.1 Å². The van der Waals surface area contributed by atoms with E-state index in [0.29, 0.717) is 12.1 Å². The molecule has 0 radical (unpaired) electrons. The number of hydrogen-bond acceptors (Lipinski definition) is 5. The van der Waals surface area contributed by atoms with Gasteiger partial charge in [-0.3, -0.25) is 4.68 Å². The topological polar surface area (TPSA) is 78.0 Å². The van der Waals surface area contributed by atoms with Crippen LogP contribution in [0.1, 0.15) is 58.1 Å². The average Bonchev–Trinajstić information content (AvgIpc) is 3.32. The third-order valence-electron chi connectivity index (χ3n) is 4.73. The summed E-state index contributed by atoms with van der Waals surface area (Å²) in [5.41, 5.74) is 0.938. The largest absolute Gasteiger partial charge is 0.472 e. The molecule has 6 nitrogen and oxygen atoms in total. The van der Waals surface area contributed by atoms with Crippen LogP contribution in [0.5, 0.6) is 5.75 Å². The zero-order valence-electron chi connectivity index (χ0n) is 28.7. The Labute approximate surface area is 205 Å². The monoisotopic (exact) mass is 475 g/mol. The molecule has 1 saturated heterocycles. The summed E-state index contributed by atoms with van der Waals surface area (Å²) in [6.07, 6.45) is -8.16. The fourth-order valence-electron chi connectivity index (χ4n) is 3.09. The minimum Gasteiger partial charge on any atom is -0.472 e. The number of aromatic nitrogens is 3. The van der Waals surface area contributed by atoms with Gasteiger partial charge in [-0.15, -0.1) is 0 Å². The molecule has 1 aliphatic rings. The summed E-state index contributed by atoms with van der Waals surface area (Å²) in [6, 6.07) is -0.311. The molecule has 2 aromatic heterocycles. The molecule has 10 heteroatoms. The zero-order chi connectivity index (χ0) is 34.2. The molecule has 1 aromatic carbocycles. The van der Waals surface area contributed by atoms with Gasteiger partial charge in [-0.25, -0.2) is 9.37 Å². The lowest BCUT2D eigenvalue weighted by molar-refractivity contribution is -0.198. The molecule has 0 amide bonds. The van der Waals surface area contributed by atoms with Crippen molar-refractivity contribution in [2.45, 2.75) is 44.8 Å². The van der Waals surface area contributed by atoms with E-state index in [1.807, 2.05) is 0 Å². The van der Waals surface area contributed by atoms with E-state index in [9.17, 15) is 17.6 Å². The molecular weight excluding hydrogens is 438 g/mol. The Kier molecular flexibility index (Phi) is 3.37. The van der Waals surface area contributed by atoms with Crippen molar-refractivity contribution < 1.29 is 38.7 Å². The number of aryl methyl sites for hydroxylation is 1. The number of pyridine rings is 1. The van der Waals surface area contributed by atoms with E-state index in [-0.39, 0.29) is 11.1 Å². The van der Waals surface area contributed by atoms with Crippen LogP contribution in [0, 0.1) is 19.5 Å². The van der Waals surface area contributed by atoms with Crippen molar-refractivity contribution in [3.05, 3.63) is 59.3 Å². The van der Waals surface area contributed by atoms with Crippen LogP contribution in [0.15, 0.2) is 36.8 Å². The van der Waals surface area contributed by atoms with Gasteiger partial charge in [-0.05, 0) is 62.8 Å². The standard InChI is InChI=1S/C23H25F4N5O/c1-13-3-4-18(24)14(2)20(13)21(23(25,26)27)33-19-9-15(10-30-22(19)28)16-11-31-32(12-16)17-5-7-29-8-6-17/h3-4,9-12,17,21,29H,5-8H2,1-2H3,(H2,28,30)/i1D3,2D3,7D2,8D2,17D,21D. The molecule has 4 rings (SSSR count). The molecule has 1 aliphatic heterocycles. The van der Waals surface area contributed by atoms with Crippen LogP contribution in [0.3, 0.4) is 0 Å². The van der Waals surface area contributed by atoms with E-state index in [1.165, 1.54) is 6.20 Å². The van der Waals surface area contributed by atoms with Gasteiger partial charge >= 0.3 is 6.18 Å². The number of rotatable bonds is 5. The Morgan fingerprint density at radius 1 is 1.30 bits per heavy atom. The Morgan fingerprint density at radius 2 is 2.09 bits per heavy atom. The van der Waals surface area contributed by atoms with E-state index in [4.69, 9.17) is 26.9 Å². The van der Waals surface area contributed by atoms with Crippen LogP contribution < -0.4 is 15.8 Å². The van der Waals surface area contributed by atoms with Gasteiger partial charge in [0.1, 0.15) is 5.82 Å². The first-order chi connectivity index (χ1) is 20.2. The highest BCUT2D eigenvalue weighted by molar-refractivity contribution is 5.66. The fraction of sp³-hybridized carbons (Fsp3) is 0.391. The molecule has 1 atom stereocenters. The summed E-state index contributed by atoms with van der Waals surface area (Å²) in [5, 5.41) is 6.15. The maximum absolute atomic E-state index is 14.9. The molecular formula is C23H25F4N5O. The highest BCUT2D eigenvalue weighted by Crippen LogP contribution is 2.41. The summed E-state index contributed by atoms with van der Waals surface area (Å²) in [6.45, 7) is -11.7. The summed E-state index contributed by atoms with van der Waals surface area (Å²) in [5.74, 6) is -3.45. The molecule has 1 fully saturated rings. The number of nitrogens with zero attached hydrogens (tertiary/aromatic N) is 3. The first-order valence-electron chi connectivity index (χ1n) is 15.4. The van der Waals surface area contributed by atoms with Gasteiger partial charge in [-0.1, -0.05) is 6.07 Å². The third kappa shape index (κ3) is 4.80. The summed E-state index contributed by atoms with van der Waals surface area (Å²) in [4.78, 5) is 3.75. The molecule has 0 bridgehead atoms. The number of halogens is 4. The highest BCUT2D eigenvalue weighted by atomic mass is 19.4. The van der Waals surface area contributed by atoms with Crippen molar-refractivity contribution >= 4 is 5.82 Å². The Hall–Kier alpha value is -3.14. The predicted octanol–water partition coefficient (Wildman–Crippen LogP) is 4.89. The van der Waals surface area contributed by atoms with Gasteiger partial charge in [0.15, 0.2) is 11.6 Å². The Bertz CT molecular complexity index is 1590. The minimum absolute atomic E-state index is 0.0540. The van der Waals surface area contributed by atoms with Crippen LogP contribution in [0.25, 0.3) is 11.1 Å². The normalized spacial score (nSPS) is 27.2. The number of benzene rings is 1. The van der Waals surface area contributed by atoms with Crippen molar-refractivity contribution in [3.63, 3.8) is 0 Å². The third-order valence-corrected chi connectivity index (χ3v) is 4.73. The van der Waals surface area contributed by atoms with Gasteiger partial charge < -0.3 is 15.8 Å². The molecule has 3 aromatic rings. The molecule has 3 N–H and O–H groups in total. The van der Waals surface area contributed by atoms with E-state index in [1.54, 1.807) is 0 Å². The average molecular weight is 476 g/mol. The summed E-state index contributed by atoms with van der Waals surface area (Å²) >= 11 is 0. The molecule has 3 heterocycles. The van der Waals surface area contributed by atoms with Crippen LogP contribution >= 0.6 is 0 Å². The number of alkyl halides is 3. The molecule has 1 unspecified atom stereocenters. The minimum atomic E-state index is -5.88. The van der Waals surface area contributed by atoms with Gasteiger partial charge in [0.05, 0.1) is 15.0 Å². The lowest BCUT2D eigenvalue weighted by Crippen LogP contribution is -2.29. The van der Waals surface area contributed by atoms with Crippen LogP contribution in [0.4, 0.5) is 23.4 Å².